The Morgan fingerprint density at radius 1 is 0.138 bits per heavy atom. The molecular formula is C141H116N4. The number of rotatable bonds is 24. The average Bonchev–Trinajstić information content (AvgIpc) is 1.50. The first-order chi connectivity index (χ1) is 70.7. The Hall–Kier alpha value is -17.4. The number of anilines is 12. The van der Waals surface area contributed by atoms with E-state index >= 15 is 0 Å². The van der Waals surface area contributed by atoms with Gasteiger partial charge < -0.3 is 19.6 Å². The molecule has 0 saturated heterocycles. The number of benzene rings is 20. The van der Waals surface area contributed by atoms with Crippen LogP contribution in [-0.2, 0) is 5.41 Å². The second-order valence-electron chi connectivity index (χ2n) is 39.9. The van der Waals surface area contributed by atoms with E-state index in [-0.39, 0.29) is 0 Å². The third-order valence-corrected chi connectivity index (χ3v) is 29.2. The zero-order valence-electron chi connectivity index (χ0n) is 84.5. The molecule has 700 valence electrons. The highest BCUT2D eigenvalue weighted by atomic mass is 15.2. The van der Waals surface area contributed by atoms with Gasteiger partial charge in [-0.15, -0.1) is 0 Å². The Kier molecular flexibility index (Phi) is 25.3. The summed E-state index contributed by atoms with van der Waals surface area (Å²) in [6, 6.07) is 174. The van der Waals surface area contributed by atoms with E-state index in [9.17, 15) is 0 Å². The van der Waals surface area contributed by atoms with Gasteiger partial charge in [0.25, 0.3) is 0 Å². The number of hydrogen-bond acceptors (Lipinski definition) is 4. The molecule has 0 atom stereocenters. The van der Waals surface area contributed by atoms with Gasteiger partial charge in [-0.2, -0.15) is 0 Å². The lowest BCUT2D eigenvalue weighted by atomic mass is 9.70. The standard InChI is InChI=1S/C141H116N4/c1-93-13-45-109(46-14-93)133(110-47-15-94(2)16-48-110)85-105-37-69-121(70-38-105)142(117-61-29-101(9)30-62-117)125-77-81-129-130-82-78-126(143(118-63-31-102(10)32-64-118)122-71-39-106(40-72-122)86-134(111-49-17-95(3)18-50-111)112-51-19-96(4)20-52-112)90-138(130)141(137(129)89-125)139-91-127(144(119-65-33-103(11)34-66-119)123-73-41-107(42-74-123)87-135(113-53-21-97(5)22-54-113)114-55-23-98(6)24-56-114)79-83-131(139)132-84-80-128(92-140(132)141)145(120-67-35-104(12)36-68-120)124-75-43-108(44-76-124)88-136(115-57-25-99(7)26-58-115)116-59-27-100(8)28-60-116/h13-92H,1-12H3. The molecule has 20 aromatic carbocycles. The van der Waals surface area contributed by atoms with Gasteiger partial charge in [0, 0.05) is 68.2 Å². The predicted molar refractivity (Wildman–Crippen MR) is 618 cm³/mol. The number of nitrogens with zero attached hydrogens (tertiary/aromatic N) is 4. The molecule has 0 unspecified atom stereocenters. The van der Waals surface area contributed by atoms with Crippen LogP contribution in [0, 0.1) is 83.1 Å². The third kappa shape index (κ3) is 18.9. The second-order valence-corrected chi connectivity index (χ2v) is 39.9. The van der Waals surface area contributed by atoms with Gasteiger partial charge in [0.1, 0.15) is 0 Å². The highest BCUT2D eigenvalue weighted by Gasteiger charge is 2.53. The van der Waals surface area contributed by atoms with Crippen LogP contribution < -0.4 is 19.6 Å². The molecule has 4 nitrogen and oxygen atoms in total. The molecule has 0 aromatic heterocycles. The van der Waals surface area contributed by atoms with E-state index in [1.165, 1.54) is 134 Å². The van der Waals surface area contributed by atoms with E-state index in [1.807, 2.05) is 0 Å². The van der Waals surface area contributed by atoms with Crippen LogP contribution in [-0.4, -0.2) is 0 Å². The minimum absolute atomic E-state index is 1.02. The summed E-state index contributed by atoms with van der Waals surface area (Å²) in [5.41, 5.74) is 53.6. The van der Waals surface area contributed by atoms with Crippen LogP contribution in [0.3, 0.4) is 0 Å². The molecule has 4 heteroatoms. The number of aryl methyl sites for hydroxylation is 12. The molecule has 0 radical (unpaired) electrons. The fraction of sp³-hybridized carbons (Fsp3) is 0.0922. The van der Waals surface area contributed by atoms with Gasteiger partial charge in [0.2, 0.25) is 0 Å². The highest BCUT2D eigenvalue weighted by molar-refractivity contribution is 6.02. The molecule has 0 saturated carbocycles. The highest BCUT2D eigenvalue weighted by Crippen LogP contribution is 2.66. The quantitative estimate of drug-likeness (QED) is 0.0559. The fourth-order valence-corrected chi connectivity index (χ4v) is 21.0. The van der Waals surface area contributed by atoms with Crippen LogP contribution in [0.2, 0.25) is 0 Å². The first kappa shape index (κ1) is 92.6. The van der Waals surface area contributed by atoms with Gasteiger partial charge in [-0.3, -0.25) is 0 Å². The van der Waals surface area contributed by atoms with E-state index in [0.29, 0.717) is 0 Å². The summed E-state index contributed by atoms with van der Waals surface area (Å²) in [6.07, 6.45) is 9.41. The Morgan fingerprint density at radius 3 is 0.393 bits per heavy atom. The van der Waals surface area contributed by atoms with Crippen molar-refractivity contribution in [3.05, 3.63) is 617 Å². The summed E-state index contributed by atoms with van der Waals surface area (Å²) < 4.78 is 0. The molecule has 0 fully saturated rings. The van der Waals surface area contributed by atoms with E-state index in [4.69, 9.17) is 0 Å². The maximum atomic E-state index is 2.57. The number of fused-ring (bicyclic) bond motifs is 10. The zero-order chi connectivity index (χ0) is 99.1. The molecule has 0 amide bonds. The molecule has 0 aliphatic heterocycles. The second kappa shape index (κ2) is 39.6. The summed E-state index contributed by atoms with van der Waals surface area (Å²) >= 11 is 0. The third-order valence-electron chi connectivity index (χ3n) is 29.2. The predicted octanol–water partition coefficient (Wildman–Crippen LogP) is 38.0. The van der Waals surface area contributed by atoms with Crippen molar-refractivity contribution in [2.75, 3.05) is 19.6 Å². The van der Waals surface area contributed by atoms with Gasteiger partial charge in [0.15, 0.2) is 0 Å². The van der Waals surface area contributed by atoms with Crippen LogP contribution >= 0.6 is 0 Å². The molecule has 145 heavy (non-hydrogen) atoms. The topological polar surface area (TPSA) is 13.0 Å². The van der Waals surface area contributed by atoms with E-state index in [1.54, 1.807) is 0 Å². The van der Waals surface area contributed by atoms with Crippen LogP contribution in [0.5, 0.6) is 0 Å². The van der Waals surface area contributed by atoms with Crippen molar-refractivity contribution in [2.45, 2.75) is 88.5 Å². The fourth-order valence-electron chi connectivity index (χ4n) is 21.0. The smallest absolute Gasteiger partial charge is 0.0728 e. The minimum atomic E-state index is -1.05. The summed E-state index contributed by atoms with van der Waals surface area (Å²) in [7, 11) is 0. The maximum Gasteiger partial charge on any atom is 0.0728 e. The zero-order valence-corrected chi connectivity index (χ0v) is 84.5. The Bertz CT molecular complexity index is 7110. The molecule has 0 N–H and O–H groups in total. The summed E-state index contributed by atoms with van der Waals surface area (Å²) in [5, 5.41) is 0. The summed E-state index contributed by atoms with van der Waals surface area (Å²) in [5.74, 6) is 0. The molecule has 2 aliphatic carbocycles. The normalized spacial score (nSPS) is 11.8. The Balaban J connectivity index is 0.786. The minimum Gasteiger partial charge on any atom is -0.310 e. The molecule has 0 bridgehead atoms. The van der Waals surface area contributed by atoms with Crippen molar-refractivity contribution in [3.63, 3.8) is 0 Å². The van der Waals surface area contributed by atoms with Crippen LogP contribution in [0.4, 0.5) is 68.2 Å². The van der Waals surface area contributed by atoms with Gasteiger partial charge in [-0.25, -0.2) is 0 Å². The molecule has 2 aliphatic rings. The van der Waals surface area contributed by atoms with E-state index in [2.05, 4.69) is 588 Å². The van der Waals surface area contributed by atoms with Crippen molar-refractivity contribution in [3.8, 4) is 22.3 Å². The van der Waals surface area contributed by atoms with Gasteiger partial charge in [-0.1, -0.05) is 382 Å². The van der Waals surface area contributed by atoms with Crippen molar-refractivity contribution in [1.82, 2.24) is 0 Å². The van der Waals surface area contributed by atoms with E-state index in [0.717, 1.165) is 135 Å². The lowest BCUT2D eigenvalue weighted by Crippen LogP contribution is -2.27. The molecule has 0 heterocycles. The molecular weight excluding hydrogens is 1750 g/mol. The maximum absolute atomic E-state index is 2.57. The Morgan fingerprint density at radius 2 is 0.255 bits per heavy atom. The van der Waals surface area contributed by atoms with Gasteiger partial charge in [-0.05, 0) is 387 Å². The summed E-state index contributed by atoms with van der Waals surface area (Å²) in [4.78, 5) is 9.92. The molecule has 22 rings (SSSR count). The molecule has 20 aromatic rings. The lowest BCUT2D eigenvalue weighted by Gasteiger charge is -2.35. The van der Waals surface area contributed by atoms with Crippen molar-refractivity contribution in [2.24, 2.45) is 0 Å². The first-order valence-electron chi connectivity index (χ1n) is 50.6. The van der Waals surface area contributed by atoms with Gasteiger partial charge >= 0.3 is 0 Å². The van der Waals surface area contributed by atoms with Crippen LogP contribution in [0.15, 0.2) is 461 Å². The van der Waals surface area contributed by atoms with Gasteiger partial charge in [0.05, 0.1) is 5.41 Å². The Labute approximate surface area is 855 Å². The first-order valence-corrected chi connectivity index (χ1v) is 50.6. The lowest BCUT2D eigenvalue weighted by molar-refractivity contribution is 0.793. The van der Waals surface area contributed by atoms with Crippen LogP contribution in [0.25, 0.3) is 68.9 Å². The summed E-state index contributed by atoms with van der Waals surface area (Å²) in [6.45, 7) is 26.0. The monoisotopic (exact) mass is 1860 g/mol. The van der Waals surface area contributed by atoms with E-state index < -0.39 is 5.41 Å². The van der Waals surface area contributed by atoms with Crippen molar-refractivity contribution in [1.29, 1.82) is 0 Å². The molecule has 1 spiro atoms. The largest absolute Gasteiger partial charge is 0.310 e. The van der Waals surface area contributed by atoms with Crippen LogP contribution in [0.1, 0.15) is 156 Å². The van der Waals surface area contributed by atoms with Crippen molar-refractivity contribution < 1.29 is 0 Å². The SMILES string of the molecule is Cc1ccc(C(=Cc2ccc(N(c3ccc(C)cc3)c3ccc4c(c3)C3(c5cc(N(c6ccc(C)cc6)c6ccc(C=C(c7ccc(C)cc7)c7ccc(C)cc7)cc6)ccc5-4)c4cc(N(c5ccc(C)cc5)c5ccc(C=C(c6ccc(C)cc6)c6ccc(C)cc6)cc5)ccc4-c4ccc(N(c5ccc(C)cc5)c5ccc(C=C(c6ccc(C)cc6)c6ccc(C)cc6)cc5)cc43)cc2)c2ccc(C)cc2)cc1. The van der Waals surface area contributed by atoms with Crippen molar-refractivity contribution >= 4 is 115 Å². The average molecular weight is 1870 g/mol. The number of hydrogen-bond donors (Lipinski definition) is 0.